The van der Waals surface area contributed by atoms with Gasteiger partial charge in [0.15, 0.2) is 0 Å². The highest BCUT2D eigenvalue weighted by atomic mass is 127. The summed E-state index contributed by atoms with van der Waals surface area (Å²) < 4.78 is 1.12. The topological polar surface area (TPSA) is 20.2 Å². The third-order valence-electron chi connectivity index (χ3n) is 2.71. The Hall–Kier alpha value is -0.0900. The van der Waals surface area contributed by atoms with Crippen molar-refractivity contribution in [2.75, 3.05) is 0 Å². The molecule has 0 rings (SSSR count). The summed E-state index contributed by atoms with van der Waals surface area (Å²) in [6.07, 6.45) is 18.1. The molecule has 0 radical (unpaired) electrons. The predicted molar refractivity (Wildman–Crippen MR) is 90.1 cm³/mol. The molecule has 0 heterocycles. The third kappa shape index (κ3) is 14.0. The van der Waals surface area contributed by atoms with Crippen LogP contribution in [-0.4, -0.2) is 11.2 Å². The first kappa shape index (κ1) is 17.9. The van der Waals surface area contributed by atoms with Crippen LogP contribution in [0, 0.1) is 0 Å². The molecule has 0 amide bonds. The van der Waals surface area contributed by atoms with Crippen LogP contribution in [0.1, 0.15) is 58.3 Å². The fourth-order valence-corrected chi connectivity index (χ4v) is 2.51. The maximum absolute atomic E-state index is 9.16. The zero-order valence-electron chi connectivity index (χ0n) is 11.6. The summed E-state index contributed by atoms with van der Waals surface area (Å²) in [5.41, 5.74) is 0. The van der Waals surface area contributed by atoms with Gasteiger partial charge in [0.2, 0.25) is 0 Å². The molecule has 0 aromatic carbocycles. The fraction of sp³-hybridized carbons (Fsp3) is 0.625. The maximum Gasteiger partial charge on any atom is 0.0705 e. The quantitative estimate of drug-likeness (QED) is 0.221. The average molecular weight is 362 g/mol. The van der Waals surface area contributed by atoms with Gasteiger partial charge in [-0.05, 0) is 61.3 Å². The van der Waals surface area contributed by atoms with Crippen molar-refractivity contribution in [2.24, 2.45) is 0 Å². The van der Waals surface area contributed by atoms with Crippen molar-refractivity contribution in [1.29, 1.82) is 0 Å². The average Bonchev–Trinajstić information content (AvgIpc) is 2.30. The molecule has 0 aromatic rings. The number of allylic oxidation sites excluding steroid dienone is 4. The summed E-state index contributed by atoms with van der Waals surface area (Å²) in [6, 6.07) is 0. The molecular formula is C16H27IO. The van der Waals surface area contributed by atoms with Crippen LogP contribution in [-0.2, 0) is 0 Å². The summed E-state index contributed by atoms with van der Waals surface area (Å²) in [7, 11) is 0. The zero-order valence-corrected chi connectivity index (χ0v) is 13.7. The van der Waals surface area contributed by atoms with Gasteiger partial charge >= 0.3 is 0 Å². The first-order chi connectivity index (χ1) is 8.66. The molecule has 0 aliphatic heterocycles. The Balaban J connectivity index is 3.34. The Morgan fingerprint density at radius 2 is 1.67 bits per heavy atom. The summed E-state index contributed by atoms with van der Waals surface area (Å²) >= 11 is 2.25. The first-order valence-corrected chi connectivity index (χ1v) is 8.07. The van der Waals surface area contributed by atoms with Crippen molar-refractivity contribution in [3.8, 4) is 0 Å². The minimum absolute atomic E-state index is 0.350. The highest BCUT2D eigenvalue weighted by Crippen LogP contribution is 2.12. The highest BCUT2D eigenvalue weighted by Gasteiger charge is 1.91. The SMILES string of the molecule is C=CCCCCCCCC/C=C/C(I)=C/[C@H](C)O. The summed E-state index contributed by atoms with van der Waals surface area (Å²) in [6.45, 7) is 5.51. The smallest absolute Gasteiger partial charge is 0.0705 e. The van der Waals surface area contributed by atoms with E-state index in [4.69, 9.17) is 5.11 Å². The van der Waals surface area contributed by atoms with Gasteiger partial charge in [0.25, 0.3) is 0 Å². The number of aliphatic hydroxyl groups excluding tert-OH is 1. The van der Waals surface area contributed by atoms with E-state index in [2.05, 4.69) is 41.3 Å². The Morgan fingerprint density at radius 1 is 1.11 bits per heavy atom. The number of halogens is 1. The monoisotopic (exact) mass is 362 g/mol. The van der Waals surface area contributed by atoms with E-state index in [0.717, 1.165) is 16.4 Å². The first-order valence-electron chi connectivity index (χ1n) is 6.99. The lowest BCUT2D eigenvalue weighted by molar-refractivity contribution is 0.244. The summed E-state index contributed by atoms with van der Waals surface area (Å²) in [5, 5.41) is 9.16. The van der Waals surface area contributed by atoms with E-state index < -0.39 is 0 Å². The molecular weight excluding hydrogens is 335 g/mol. The van der Waals surface area contributed by atoms with E-state index in [1.165, 1.54) is 38.5 Å². The Labute approximate surface area is 126 Å². The minimum atomic E-state index is -0.350. The van der Waals surface area contributed by atoms with E-state index in [1.54, 1.807) is 6.92 Å². The van der Waals surface area contributed by atoms with E-state index in [9.17, 15) is 0 Å². The molecule has 0 unspecified atom stereocenters. The van der Waals surface area contributed by atoms with Gasteiger partial charge in [-0.2, -0.15) is 0 Å². The van der Waals surface area contributed by atoms with Crippen LogP contribution in [0.15, 0.2) is 34.5 Å². The molecule has 2 heteroatoms. The van der Waals surface area contributed by atoms with Gasteiger partial charge in [0.1, 0.15) is 0 Å². The predicted octanol–water partition coefficient (Wildman–Crippen LogP) is 5.55. The maximum atomic E-state index is 9.16. The third-order valence-corrected chi connectivity index (χ3v) is 3.43. The lowest BCUT2D eigenvalue weighted by atomic mass is 10.1. The lowest BCUT2D eigenvalue weighted by Gasteiger charge is -1.99. The van der Waals surface area contributed by atoms with Crippen LogP contribution in [0.2, 0.25) is 0 Å². The van der Waals surface area contributed by atoms with Crippen LogP contribution in [0.3, 0.4) is 0 Å². The fourth-order valence-electron chi connectivity index (χ4n) is 1.74. The van der Waals surface area contributed by atoms with E-state index in [0.29, 0.717) is 0 Å². The number of hydrogen-bond donors (Lipinski definition) is 1. The van der Waals surface area contributed by atoms with Crippen LogP contribution >= 0.6 is 22.6 Å². The second kappa shape index (κ2) is 13.3. The molecule has 1 N–H and O–H groups in total. The van der Waals surface area contributed by atoms with Gasteiger partial charge in [0.05, 0.1) is 6.10 Å². The Morgan fingerprint density at radius 3 is 2.22 bits per heavy atom. The Bertz CT molecular complexity index is 254. The van der Waals surface area contributed by atoms with E-state index in [1.807, 2.05) is 12.2 Å². The highest BCUT2D eigenvalue weighted by molar-refractivity contribution is 14.1. The van der Waals surface area contributed by atoms with Crippen molar-refractivity contribution in [3.05, 3.63) is 34.5 Å². The standard InChI is InChI=1S/C16H27IO/c1-3-4-5-6-7-8-9-10-11-12-13-16(17)14-15(2)18/h3,12-15,18H,1,4-11H2,2H3/b13-12+,16-14-/t15-/m0/s1. The van der Waals surface area contributed by atoms with Crippen LogP contribution < -0.4 is 0 Å². The van der Waals surface area contributed by atoms with Gasteiger partial charge in [-0.3, -0.25) is 0 Å². The van der Waals surface area contributed by atoms with Crippen LogP contribution in [0.5, 0.6) is 0 Å². The molecule has 1 atom stereocenters. The molecule has 0 aliphatic rings. The van der Waals surface area contributed by atoms with Gasteiger partial charge in [-0.1, -0.05) is 43.9 Å². The number of rotatable bonds is 11. The molecule has 0 saturated heterocycles. The molecule has 0 aliphatic carbocycles. The molecule has 0 spiro atoms. The zero-order chi connectivity index (χ0) is 13.6. The van der Waals surface area contributed by atoms with Crippen LogP contribution in [0.4, 0.5) is 0 Å². The number of unbranched alkanes of at least 4 members (excludes halogenated alkanes) is 7. The van der Waals surface area contributed by atoms with E-state index >= 15 is 0 Å². The molecule has 0 bridgehead atoms. The van der Waals surface area contributed by atoms with Crippen LogP contribution in [0.25, 0.3) is 0 Å². The number of aliphatic hydroxyl groups is 1. The summed E-state index contributed by atoms with van der Waals surface area (Å²) in [4.78, 5) is 0. The van der Waals surface area contributed by atoms with Crippen molar-refractivity contribution in [3.63, 3.8) is 0 Å². The molecule has 0 fully saturated rings. The molecule has 1 nitrogen and oxygen atoms in total. The number of hydrogen-bond acceptors (Lipinski definition) is 1. The van der Waals surface area contributed by atoms with Crippen molar-refractivity contribution in [1.82, 2.24) is 0 Å². The second-order valence-electron chi connectivity index (χ2n) is 4.68. The normalized spacial score (nSPS) is 14.1. The van der Waals surface area contributed by atoms with Gasteiger partial charge < -0.3 is 5.11 Å². The van der Waals surface area contributed by atoms with Crippen molar-refractivity contribution >= 4 is 22.6 Å². The van der Waals surface area contributed by atoms with Crippen molar-refractivity contribution in [2.45, 2.75) is 64.4 Å². The van der Waals surface area contributed by atoms with Gasteiger partial charge in [0, 0.05) is 3.58 Å². The lowest BCUT2D eigenvalue weighted by Crippen LogP contribution is -1.92. The Kier molecular flexibility index (Phi) is 13.3. The van der Waals surface area contributed by atoms with Gasteiger partial charge in [-0.25, -0.2) is 0 Å². The van der Waals surface area contributed by atoms with Gasteiger partial charge in [-0.15, -0.1) is 6.58 Å². The molecule has 18 heavy (non-hydrogen) atoms. The molecule has 0 aromatic heterocycles. The summed E-state index contributed by atoms with van der Waals surface area (Å²) in [5.74, 6) is 0. The van der Waals surface area contributed by atoms with Crippen molar-refractivity contribution < 1.29 is 5.11 Å². The minimum Gasteiger partial charge on any atom is -0.389 e. The van der Waals surface area contributed by atoms with E-state index in [-0.39, 0.29) is 6.10 Å². The molecule has 0 saturated carbocycles. The molecule has 104 valence electrons. The second-order valence-corrected chi connectivity index (χ2v) is 5.93. The largest absolute Gasteiger partial charge is 0.389 e.